The van der Waals surface area contributed by atoms with Gasteiger partial charge in [-0.15, -0.1) is 0 Å². The second-order valence-electron chi connectivity index (χ2n) is 6.41. The van der Waals surface area contributed by atoms with Gasteiger partial charge in [0, 0.05) is 0 Å². The topological polar surface area (TPSA) is 26.3 Å². The van der Waals surface area contributed by atoms with E-state index in [1.807, 2.05) is 68.4 Å². The maximum Gasteiger partial charge on any atom is 0.326 e. The zero-order valence-electron chi connectivity index (χ0n) is 15.0. The van der Waals surface area contributed by atoms with E-state index in [-0.39, 0.29) is 22.7 Å². The molecule has 3 rings (SSSR count). The van der Waals surface area contributed by atoms with Crippen LogP contribution in [0.4, 0.5) is 4.39 Å². The standard InChI is InChI=1S/C22H19FIO2S/c1-22(2,24)21(25)26-17-10-14-20(15-11-17)27(18-6-4-3-5-7-18)19-12-8-16(23)9-13-19/h3-15H,1-2H3/q+1. The fourth-order valence-corrected chi connectivity index (χ4v) is 4.58. The number of alkyl halides is 1. The second-order valence-corrected chi connectivity index (χ2v) is 11.1. The molecule has 0 amide bonds. The van der Waals surface area contributed by atoms with Gasteiger partial charge in [-0.1, -0.05) is 40.8 Å². The lowest BCUT2D eigenvalue weighted by Gasteiger charge is -2.14. The minimum atomic E-state index is -0.584. The van der Waals surface area contributed by atoms with Crippen molar-refractivity contribution >= 4 is 39.5 Å². The van der Waals surface area contributed by atoms with E-state index in [2.05, 4.69) is 34.7 Å². The molecule has 0 bridgehead atoms. The van der Waals surface area contributed by atoms with Crippen molar-refractivity contribution in [1.82, 2.24) is 0 Å². The zero-order chi connectivity index (χ0) is 19.4. The van der Waals surface area contributed by atoms with Crippen LogP contribution in [0.3, 0.4) is 0 Å². The van der Waals surface area contributed by atoms with Gasteiger partial charge in [0.2, 0.25) is 0 Å². The Morgan fingerprint density at radius 3 is 1.85 bits per heavy atom. The minimum absolute atomic E-state index is 0.251. The third-order valence-electron chi connectivity index (χ3n) is 3.78. The third kappa shape index (κ3) is 5.11. The summed E-state index contributed by atoms with van der Waals surface area (Å²) in [5.41, 5.74) is 0. The molecule has 3 aromatic rings. The Morgan fingerprint density at radius 2 is 1.33 bits per heavy atom. The molecule has 0 aliphatic rings. The van der Waals surface area contributed by atoms with E-state index in [1.165, 1.54) is 12.1 Å². The van der Waals surface area contributed by atoms with Gasteiger partial charge in [0.1, 0.15) is 15.0 Å². The molecular formula is C22H19FIO2S+. The van der Waals surface area contributed by atoms with Crippen molar-refractivity contribution in [3.05, 3.63) is 84.7 Å². The van der Waals surface area contributed by atoms with E-state index in [0.29, 0.717) is 5.75 Å². The van der Waals surface area contributed by atoms with Gasteiger partial charge in [-0.05, 0) is 74.5 Å². The smallest absolute Gasteiger partial charge is 0.326 e. The van der Waals surface area contributed by atoms with Crippen LogP contribution in [0.2, 0.25) is 0 Å². The molecule has 0 aromatic heterocycles. The lowest BCUT2D eigenvalue weighted by atomic mass is 10.2. The van der Waals surface area contributed by atoms with Crippen molar-refractivity contribution in [3.63, 3.8) is 0 Å². The van der Waals surface area contributed by atoms with Crippen molar-refractivity contribution in [2.24, 2.45) is 0 Å². The van der Waals surface area contributed by atoms with Gasteiger partial charge in [-0.2, -0.15) is 0 Å². The highest BCUT2D eigenvalue weighted by Gasteiger charge is 2.29. The van der Waals surface area contributed by atoms with Crippen molar-refractivity contribution in [2.45, 2.75) is 32.0 Å². The van der Waals surface area contributed by atoms with Crippen LogP contribution < -0.4 is 4.74 Å². The Labute approximate surface area is 175 Å². The van der Waals surface area contributed by atoms with E-state index >= 15 is 0 Å². The zero-order valence-corrected chi connectivity index (χ0v) is 18.0. The summed E-state index contributed by atoms with van der Waals surface area (Å²) in [6.45, 7) is 3.62. The molecule has 0 heterocycles. The van der Waals surface area contributed by atoms with Crippen molar-refractivity contribution in [2.75, 3.05) is 0 Å². The van der Waals surface area contributed by atoms with Gasteiger partial charge in [-0.25, -0.2) is 4.39 Å². The van der Waals surface area contributed by atoms with Crippen molar-refractivity contribution < 1.29 is 13.9 Å². The number of hydrogen-bond donors (Lipinski definition) is 0. The van der Waals surface area contributed by atoms with Crippen LogP contribution in [0, 0.1) is 5.82 Å². The quantitative estimate of drug-likeness (QED) is 0.143. The first kappa shape index (κ1) is 19.9. The Bertz CT molecular complexity index is 904. The number of carbonyl (C=O) groups is 1. The van der Waals surface area contributed by atoms with E-state index in [4.69, 9.17) is 4.74 Å². The van der Waals surface area contributed by atoms with Crippen molar-refractivity contribution in [3.8, 4) is 5.75 Å². The van der Waals surface area contributed by atoms with Crippen LogP contribution in [0.25, 0.3) is 0 Å². The molecule has 0 fully saturated rings. The number of hydrogen-bond acceptors (Lipinski definition) is 2. The van der Waals surface area contributed by atoms with Gasteiger partial charge in [0.05, 0.1) is 10.9 Å². The number of benzene rings is 3. The van der Waals surface area contributed by atoms with Gasteiger partial charge in [0.15, 0.2) is 14.7 Å². The van der Waals surface area contributed by atoms with E-state index in [1.54, 1.807) is 0 Å². The highest BCUT2D eigenvalue weighted by Crippen LogP contribution is 2.32. The van der Waals surface area contributed by atoms with Crippen LogP contribution in [-0.4, -0.2) is 9.39 Å². The van der Waals surface area contributed by atoms with Crippen LogP contribution >= 0.6 is 22.6 Å². The first-order valence-corrected chi connectivity index (χ1v) is 10.7. The van der Waals surface area contributed by atoms with Gasteiger partial charge >= 0.3 is 5.97 Å². The molecule has 138 valence electrons. The second kappa shape index (κ2) is 8.44. The normalized spacial score (nSPS) is 12.4. The average Bonchev–Trinajstić information content (AvgIpc) is 2.65. The molecule has 27 heavy (non-hydrogen) atoms. The summed E-state index contributed by atoms with van der Waals surface area (Å²) in [4.78, 5) is 15.3. The van der Waals surface area contributed by atoms with E-state index < -0.39 is 3.42 Å². The molecule has 0 saturated heterocycles. The number of carbonyl (C=O) groups excluding carboxylic acids is 1. The summed E-state index contributed by atoms with van der Waals surface area (Å²) in [5.74, 6) is -0.0142. The fraction of sp³-hybridized carbons (Fsp3) is 0.136. The van der Waals surface area contributed by atoms with Crippen LogP contribution in [-0.2, 0) is 15.7 Å². The number of halogens is 2. The molecule has 5 heteroatoms. The highest BCUT2D eigenvalue weighted by atomic mass is 127. The molecule has 0 radical (unpaired) electrons. The first-order valence-electron chi connectivity index (χ1n) is 8.41. The molecule has 0 aliphatic carbocycles. The lowest BCUT2D eigenvalue weighted by molar-refractivity contribution is -0.135. The molecule has 1 unspecified atom stereocenters. The molecule has 2 nitrogen and oxygen atoms in total. The van der Waals surface area contributed by atoms with Crippen LogP contribution in [0.15, 0.2) is 93.5 Å². The molecule has 0 spiro atoms. The maximum absolute atomic E-state index is 13.4. The highest BCUT2D eigenvalue weighted by molar-refractivity contribution is 14.1. The summed E-state index contributed by atoms with van der Waals surface area (Å²) < 4.78 is 18.2. The summed E-state index contributed by atoms with van der Waals surface area (Å²) in [6, 6.07) is 24.2. The Morgan fingerprint density at radius 1 is 0.852 bits per heavy atom. The number of esters is 1. The first-order chi connectivity index (χ1) is 12.8. The van der Waals surface area contributed by atoms with Gasteiger partial charge < -0.3 is 4.74 Å². The number of rotatable bonds is 5. The SMILES string of the molecule is CC(C)(I)C(=O)Oc1ccc([S+](c2ccccc2)c2ccc(F)cc2)cc1. The Hall–Kier alpha value is -1.86. The number of ether oxygens (including phenoxy) is 1. The Kier molecular flexibility index (Phi) is 6.22. The Balaban J connectivity index is 1.93. The third-order valence-corrected chi connectivity index (χ3v) is 6.45. The summed E-state index contributed by atoms with van der Waals surface area (Å²) in [6.07, 6.45) is 0. The lowest BCUT2D eigenvalue weighted by Crippen LogP contribution is -2.28. The molecule has 3 aromatic carbocycles. The van der Waals surface area contributed by atoms with Crippen molar-refractivity contribution in [1.29, 1.82) is 0 Å². The fourth-order valence-electron chi connectivity index (χ4n) is 2.41. The van der Waals surface area contributed by atoms with E-state index in [9.17, 15) is 9.18 Å². The summed E-state index contributed by atoms with van der Waals surface area (Å²) in [5, 5.41) is 0. The molecule has 0 saturated carbocycles. The predicted octanol–water partition coefficient (Wildman–Crippen LogP) is 6.04. The van der Waals surface area contributed by atoms with E-state index in [0.717, 1.165) is 14.7 Å². The predicted molar refractivity (Wildman–Crippen MR) is 115 cm³/mol. The summed E-state index contributed by atoms with van der Waals surface area (Å²) in [7, 11) is -0.370. The monoisotopic (exact) mass is 493 g/mol. The molecular weight excluding hydrogens is 474 g/mol. The minimum Gasteiger partial charge on any atom is -0.426 e. The van der Waals surface area contributed by atoms with Gasteiger partial charge in [0.25, 0.3) is 0 Å². The molecule has 1 atom stereocenters. The van der Waals surface area contributed by atoms with Gasteiger partial charge in [-0.3, -0.25) is 4.79 Å². The average molecular weight is 493 g/mol. The summed E-state index contributed by atoms with van der Waals surface area (Å²) >= 11 is 2.06. The molecule has 0 N–H and O–H groups in total. The van der Waals surface area contributed by atoms with Crippen LogP contribution in [0.1, 0.15) is 13.8 Å². The van der Waals surface area contributed by atoms with Crippen LogP contribution in [0.5, 0.6) is 5.75 Å². The molecule has 0 aliphatic heterocycles. The maximum atomic E-state index is 13.4. The largest absolute Gasteiger partial charge is 0.426 e.